The molecule has 1 unspecified atom stereocenters. The van der Waals surface area contributed by atoms with Crippen molar-refractivity contribution in [2.75, 3.05) is 13.2 Å². The predicted octanol–water partition coefficient (Wildman–Crippen LogP) is 3.67. The van der Waals surface area contributed by atoms with Gasteiger partial charge in [-0.15, -0.1) is 0 Å². The Bertz CT molecular complexity index is 458. The maximum Gasteiger partial charge on any atom is 0.338 e. The summed E-state index contributed by atoms with van der Waals surface area (Å²) in [5.74, 6) is -0.123. The standard InChI is InChI=1S/C18H28O4/c1-12(2)10-21-17(19)15-8-6-7-14(5)9-16(15)18(20)22-11-13(3)4/h8-9,12-14H,6-7,10-11H2,1-5H3. The quantitative estimate of drug-likeness (QED) is 0.703. The van der Waals surface area contributed by atoms with Gasteiger partial charge in [0, 0.05) is 0 Å². The molecule has 0 bridgehead atoms. The number of hydrogen-bond donors (Lipinski definition) is 0. The van der Waals surface area contributed by atoms with Crippen LogP contribution in [0, 0.1) is 17.8 Å². The van der Waals surface area contributed by atoms with E-state index in [1.54, 1.807) is 6.08 Å². The van der Waals surface area contributed by atoms with Crippen LogP contribution in [0.15, 0.2) is 23.3 Å². The Hall–Kier alpha value is -1.58. The van der Waals surface area contributed by atoms with Gasteiger partial charge in [-0.25, -0.2) is 9.59 Å². The van der Waals surface area contributed by atoms with Gasteiger partial charge in [0.05, 0.1) is 24.4 Å². The summed E-state index contributed by atoms with van der Waals surface area (Å²) < 4.78 is 10.6. The molecule has 0 radical (unpaired) electrons. The van der Waals surface area contributed by atoms with E-state index < -0.39 is 11.9 Å². The van der Waals surface area contributed by atoms with Gasteiger partial charge in [-0.05, 0) is 30.6 Å². The lowest BCUT2D eigenvalue weighted by atomic mass is 10.0. The summed E-state index contributed by atoms with van der Waals surface area (Å²) in [6.45, 7) is 10.6. The van der Waals surface area contributed by atoms with Crippen LogP contribution in [0.4, 0.5) is 0 Å². The van der Waals surface area contributed by atoms with Crippen molar-refractivity contribution in [1.82, 2.24) is 0 Å². The van der Waals surface area contributed by atoms with Crippen molar-refractivity contribution in [3.05, 3.63) is 23.3 Å². The largest absolute Gasteiger partial charge is 0.462 e. The third kappa shape index (κ3) is 6.04. The number of rotatable bonds is 6. The third-order valence-corrected chi connectivity index (χ3v) is 3.25. The van der Waals surface area contributed by atoms with Crippen LogP contribution < -0.4 is 0 Å². The van der Waals surface area contributed by atoms with E-state index in [1.165, 1.54) is 0 Å². The minimum absolute atomic E-state index is 0.230. The Morgan fingerprint density at radius 3 is 2.05 bits per heavy atom. The fourth-order valence-electron chi connectivity index (χ4n) is 2.07. The van der Waals surface area contributed by atoms with E-state index in [9.17, 15) is 9.59 Å². The molecule has 0 fully saturated rings. The number of ether oxygens (including phenoxy) is 2. The second kappa shape index (κ2) is 8.76. The van der Waals surface area contributed by atoms with E-state index in [-0.39, 0.29) is 17.8 Å². The first-order valence-electron chi connectivity index (χ1n) is 8.07. The Morgan fingerprint density at radius 1 is 1.05 bits per heavy atom. The molecule has 0 aromatic heterocycles. The average molecular weight is 308 g/mol. The van der Waals surface area contributed by atoms with Crippen LogP contribution in [-0.2, 0) is 19.1 Å². The number of esters is 2. The van der Waals surface area contributed by atoms with Gasteiger partial charge in [0.2, 0.25) is 0 Å². The Balaban J connectivity index is 2.90. The molecule has 0 saturated carbocycles. The Morgan fingerprint density at radius 2 is 1.55 bits per heavy atom. The highest BCUT2D eigenvalue weighted by Gasteiger charge is 2.26. The number of carbonyl (C=O) groups is 2. The summed E-state index contributed by atoms with van der Waals surface area (Å²) in [5.41, 5.74) is 0.693. The molecule has 1 atom stereocenters. The molecule has 0 saturated heterocycles. The topological polar surface area (TPSA) is 52.6 Å². The molecule has 0 aromatic rings. The lowest BCUT2D eigenvalue weighted by Gasteiger charge is -2.13. The lowest BCUT2D eigenvalue weighted by molar-refractivity contribution is -0.143. The second-order valence-electron chi connectivity index (χ2n) is 6.74. The summed E-state index contributed by atoms with van der Waals surface area (Å²) in [6, 6.07) is 0. The number of allylic oxidation sites excluding steroid dienone is 2. The highest BCUT2D eigenvalue weighted by Crippen LogP contribution is 2.24. The summed E-state index contributed by atoms with van der Waals surface area (Å²) >= 11 is 0. The molecule has 1 aliphatic rings. The molecule has 22 heavy (non-hydrogen) atoms. The highest BCUT2D eigenvalue weighted by atomic mass is 16.5. The van der Waals surface area contributed by atoms with Crippen molar-refractivity contribution in [3.63, 3.8) is 0 Å². The molecule has 0 amide bonds. The first kappa shape index (κ1) is 18.5. The van der Waals surface area contributed by atoms with E-state index in [0.29, 0.717) is 24.4 Å². The van der Waals surface area contributed by atoms with Gasteiger partial charge in [-0.3, -0.25) is 0 Å². The third-order valence-electron chi connectivity index (χ3n) is 3.25. The summed E-state index contributed by atoms with van der Waals surface area (Å²) in [5, 5.41) is 0. The maximum absolute atomic E-state index is 12.3. The summed E-state index contributed by atoms with van der Waals surface area (Å²) in [4.78, 5) is 24.6. The number of hydrogen-bond acceptors (Lipinski definition) is 4. The van der Waals surface area contributed by atoms with Crippen LogP contribution in [-0.4, -0.2) is 25.2 Å². The Kier molecular flexibility index (Phi) is 7.36. The minimum atomic E-state index is -0.435. The first-order valence-corrected chi connectivity index (χ1v) is 8.07. The molecule has 124 valence electrons. The van der Waals surface area contributed by atoms with E-state index in [2.05, 4.69) is 0 Å². The Labute approximate surface area is 133 Å². The monoisotopic (exact) mass is 308 g/mol. The van der Waals surface area contributed by atoms with Gasteiger partial charge in [0.15, 0.2) is 0 Å². The van der Waals surface area contributed by atoms with Gasteiger partial charge in [-0.2, -0.15) is 0 Å². The second-order valence-corrected chi connectivity index (χ2v) is 6.74. The highest BCUT2D eigenvalue weighted by molar-refractivity contribution is 6.07. The zero-order chi connectivity index (χ0) is 16.7. The fraction of sp³-hybridized carbons (Fsp3) is 0.667. The summed E-state index contributed by atoms with van der Waals surface area (Å²) in [6.07, 6.45) is 5.29. The molecular weight excluding hydrogens is 280 g/mol. The van der Waals surface area contributed by atoms with Gasteiger partial charge < -0.3 is 9.47 Å². The molecule has 4 heteroatoms. The normalized spacial score (nSPS) is 18.6. The van der Waals surface area contributed by atoms with E-state index >= 15 is 0 Å². The van der Waals surface area contributed by atoms with Gasteiger partial charge in [0.25, 0.3) is 0 Å². The SMILES string of the molecule is CC(C)COC(=O)C1=CCCC(C)C=C1C(=O)OCC(C)C. The molecule has 0 spiro atoms. The van der Waals surface area contributed by atoms with Crippen LogP contribution >= 0.6 is 0 Å². The van der Waals surface area contributed by atoms with Gasteiger partial charge in [0.1, 0.15) is 0 Å². The smallest absolute Gasteiger partial charge is 0.338 e. The molecule has 0 aromatic carbocycles. The van der Waals surface area contributed by atoms with Crippen LogP contribution in [0.25, 0.3) is 0 Å². The molecule has 0 N–H and O–H groups in total. The van der Waals surface area contributed by atoms with E-state index in [4.69, 9.17) is 9.47 Å². The van der Waals surface area contributed by atoms with Crippen molar-refractivity contribution in [3.8, 4) is 0 Å². The van der Waals surface area contributed by atoms with Crippen LogP contribution in [0.5, 0.6) is 0 Å². The molecule has 4 nitrogen and oxygen atoms in total. The number of carbonyl (C=O) groups excluding carboxylic acids is 2. The van der Waals surface area contributed by atoms with Crippen LogP contribution in [0.3, 0.4) is 0 Å². The van der Waals surface area contributed by atoms with Crippen molar-refractivity contribution in [1.29, 1.82) is 0 Å². The molecule has 0 heterocycles. The van der Waals surface area contributed by atoms with Crippen molar-refractivity contribution >= 4 is 11.9 Å². The van der Waals surface area contributed by atoms with Crippen LogP contribution in [0.1, 0.15) is 47.5 Å². The zero-order valence-corrected chi connectivity index (χ0v) is 14.3. The average Bonchev–Trinajstić information content (AvgIpc) is 2.63. The molecular formula is C18H28O4. The van der Waals surface area contributed by atoms with Crippen molar-refractivity contribution in [2.24, 2.45) is 17.8 Å². The van der Waals surface area contributed by atoms with Gasteiger partial charge >= 0.3 is 11.9 Å². The zero-order valence-electron chi connectivity index (χ0n) is 14.3. The fourth-order valence-corrected chi connectivity index (χ4v) is 2.07. The first-order chi connectivity index (χ1) is 10.3. The van der Waals surface area contributed by atoms with Crippen molar-refractivity contribution in [2.45, 2.75) is 47.5 Å². The predicted molar refractivity (Wildman–Crippen MR) is 86.2 cm³/mol. The van der Waals surface area contributed by atoms with Gasteiger partial charge in [-0.1, -0.05) is 46.8 Å². The van der Waals surface area contributed by atoms with E-state index in [1.807, 2.05) is 40.7 Å². The maximum atomic E-state index is 12.3. The minimum Gasteiger partial charge on any atom is -0.462 e. The summed E-state index contributed by atoms with van der Waals surface area (Å²) in [7, 11) is 0. The lowest BCUT2D eigenvalue weighted by Crippen LogP contribution is -2.20. The van der Waals surface area contributed by atoms with Crippen LogP contribution in [0.2, 0.25) is 0 Å². The molecule has 0 aliphatic heterocycles. The molecule has 1 aliphatic carbocycles. The van der Waals surface area contributed by atoms with Crippen molar-refractivity contribution < 1.29 is 19.1 Å². The molecule has 1 rings (SSSR count). The van der Waals surface area contributed by atoms with E-state index in [0.717, 1.165) is 12.8 Å².